The van der Waals surface area contributed by atoms with Crippen LogP contribution in [0, 0.1) is 17.2 Å². The number of carbonyl (C=O) groups is 1. The number of carbonyl (C=O) groups excluding carboxylic acids is 1. The molecule has 1 aliphatic heterocycles. The summed E-state index contributed by atoms with van der Waals surface area (Å²) in [4.78, 5) is 12.5. The number of amides is 1. The van der Waals surface area contributed by atoms with Crippen molar-refractivity contribution in [2.75, 3.05) is 13.1 Å². The molecule has 1 aromatic rings. The maximum Gasteiger partial charge on any atom is 0.244 e. The highest BCUT2D eigenvalue weighted by atomic mass is 32.2. The van der Waals surface area contributed by atoms with Gasteiger partial charge in [0.15, 0.2) is 0 Å². The summed E-state index contributed by atoms with van der Waals surface area (Å²) in [7, 11) is -3.74. The lowest BCUT2D eigenvalue weighted by Gasteiger charge is -2.33. The van der Waals surface area contributed by atoms with Crippen LogP contribution in [0.3, 0.4) is 0 Å². The minimum atomic E-state index is -3.74. The second-order valence-corrected chi connectivity index (χ2v) is 9.06. The first kappa shape index (κ1) is 18.9. The van der Waals surface area contributed by atoms with Crippen LogP contribution in [0.1, 0.15) is 50.5 Å². The molecular formula is C19H25N3O3S. The van der Waals surface area contributed by atoms with Crippen molar-refractivity contribution >= 4 is 15.9 Å². The van der Waals surface area contributed by atoms with Gasteiger partial charge in [-0.15, -0.1) is 0 Å². The minimum Gasteiger partial charge on any atom is -0.352 e. The van der Waals surface area contributed by atoms with Crippen molar-refractivity contribution in [1.82, 2.24) is 9.62 Å². The van der Waals surface area contributed by atoms with Crippen molar-refractivity contribution < 1.29 is 13.2 Å². The molecule has 1 heterocycles. The van der Waals surface area contributed by atoms with Crippen molar-refractivity contribution in [2.45, 2.75) is 55.9 Å². The van der Waals surface area contributed by atoms with Crippen LogP contribution < -0.4 is 5.32 Å². The lowest BCUT2D eigenvalue weighted by molar-refractivity contribution is -0.126. The van der Waals surface area contributed by atoms with Gasteiger partial charge in [0.05, 0.1) is 10.5 Å². The number of piperidine rings is 1. The third kappa shape index (κ3) is 4.08. The number of benzene rings is 1. The first-order valence-corrected chi connectivity index (χ1v) is 10.8. The zero-order valence-corrected chi connectivity index (χ0v) is 15.7. The number of hydrogen-bond acceptors (Lipinski definition) is 4. The Morgan fingerprint density at radius 1 is 1.12 bits per heavy atom. The molecule has 1 amide bonds. The molecule has 140 valence electrons. The monoisotopic (exact) mass is 375 g/mol. The van der Waals surface area contributed by atoms with Gasteiger partial charge in [0.1, 0.15) is 6.07 Å². The summed E-state index contributed by atoms with van der Waals surface area (Å²) in [6, 6.07) is 8.05. The Bertz CT molecular complexity index is 794. The van der Waals surface area contributed by atoms with Crippen molar-refractivity contribution in [2.24, 2.45) is 5.92 Å². The van der Waals surface area contributed by atoms with Crippen LogP contribution in [0.4, 0.5) is 0 Å². The quantitative estimate of drug-likeness (QED) is 0.875. The lowest BCUT2D eigenvalue weighted by atomic mass is 9.88. The predicted molar refractivity (Wildman–Crippen MR) is 97.7 cm³/mol. The van der Waals surface area contributed by atoms with Gasteiger partial charge >= 0.3 is 0 Å². The van der Waals surface area contributed by atoms with Gasteiger partial charge in [0.25, 0.3) is 0 Å². The topological polar surface area (TPSA) is 90.3 Å². The second-order valence-electron chi connectivity index (χ2n) is 7.15. The molecule has 7 heteroatoms. The Morgan fingerprint density at radius 3 is 2.58 bits per heavy atom. The van der Waals surface area contributed by atoms with E-state index in [-0.39, 0.29) is 34.9 Å². The van der Waals surface area contributed by atoms with Crippen molar-refractivity contribution in [3.63, 3.8) is 0 Å². The normalized spacial score (nSPS) is 22.5. The zero-order chi connectivity index (χ0) is 18.6. The van der Waals surface area contributed by atoms with E-state index in [4.69, 9.17) is 0 Å². The molecule has 0 spiro atoms. The smallest absolute Gasteiger partial charge is 0.244 e. The number of sulfonamides is 1. The van der Waals surface area contributed by atoms with E-state index >= 15 is 0 Å². The van der Waals surface area contributed by atoms with Crippen LogP contribution in [0.15, 0.2) is 29.2 Å². The summed E-state index contributed by atoms with van der Waals surface area (Å²) < 4.78 is 27.3. The van der Waals surface area contributed by atoms with E-state index in [1.807, 2.05) is 6.07 Å². The van der Waals surface area contributed by atoms with Crippen molar-refractivity contribution in [3.05, 3.63) is 29.8 Å². The summed E-state index contributed by atoms with van der Waals surface area (Å²) in [6.45, 7) is 0.679. The highest BCUT2D eigenvalue weighted by Gasteiger charge is 2.33. The molecule has 2 fully saturated rings. The molecule has 1 N–H and O–H groups in total. The molecule has 1 aromatic carbocycles. The van der Waals surface area contributed by atoms with Gasteiger partial charge in [-0.25, -0.2) is 8.42 Å². The van der Waals surface area contributed by atoms with E-state index in [9.17, 15) is 18.5 Å². The van der Waals surface area contributed by atoms with Gasteiger partial charge in [0.2, 0.25) is 15.9 Å². The summed E-state index contributed by atoms with van der Waals surface area (Å²) in [6.07, 6.45) is 6.71. The van der Waals surface area contributed by atoms with Gasteiger partial charge in [-0.05, 0) is 37.8 Å². The summed E-state index contributed by atoms with van der Waals surface area (Å²) in [5, 5.41) is 12.3. The summed E-state index contributed by atoms with van der Waals surface area (Å²) in [5.41, 5.74) is 0.154. The van der Waals surface area contributed by atoms with E-state index in [1.165, 1.54) is 22.9 Å². The Labute approximate surface area is 155 Å². The van der Waals surface area contributed by atoms with Crippen LogP contribution in [0.2, 0.25) is 0 Å². The summed E-state index contributed by atoms with van der Waals surface area (Å²) in [5.74, 6) is 0.126. The number of nitrogens with zero attached hydrogens (tertiary/aromatic N) is 2. The first-order chi connectivity index (χ1) is 12.5. The SMILES string of the molecule is N#Cc1ccccc1S(=O)(=O)N1CCCC(NC(=O)C2CCCCC2)C1. The molecule has 1 saturated heterocycles. The maximum absolute atomic E-state index is 13.0. The Morgan fingerprint density at radius 2 is 1.85 bits per heavy atom. The molecule has 0 aromatic heterocycles. The average Bonchev–Trinajstić information content (AvgIpc) is 2.68. The van der Waals surface area contributed by atoms with Crippen molar-refractivity contribution in [1.29, 1.82) is 5.26 Å². The molecule has 26 heavy (non-hydrogen) atoms. The van der Waals surface area contributed by atoms with Crippen LogP contribution >= 0.6 is 0 Å². The zero-order valence-electron chi connectivity index (χ0n) is 14.9. The molecule has 1 aliphatic carbocycles. The molecule has 2 aliphatic rings. The van der Waals surface area contributed by atoms with E-state index in [0.29, 0.717) is 13.0 Å². The van der Waals surface area contributed by atoms with Gasteiger partial charge in [-0.1, -0.05) is 31.4 Å². The first-order valence-electron chi connectivity index (χ1n) is 9.32. The van der Waals surface area contributed by atoms with Gasteiger partial charge in [-0.3, -0.25) is 4.79 Å². The third-order valence-corrected chi connectivity index (χ3v) is 7.26. The Hall–Kier alpha value is -1.91. The van der Waals surface area contributed by atoms with Gasteiger partial charge in [-0.2, -0.15) is 9.57 Å². The predicted octanol–water partition coefficient (Wildman–Crippen LogP) is 2.41. The van der Waals surface area contributed by atoms with Crippen LogP contribution in [-0.2, 0) is 14.8 Å². The maximum atomic E-state index is 13.0. The van der Waals surface area contributed by atoms with Crippen LogP contribution in [0.25, 0.3) is 0 Å². The number of hydrogen-bond donors (Lipinski definition) is 1. The number of nitriles is 1. The largest absolute Gasteiger partial charge is 0.352 e. The molecule has 1 saturated carbocycles. The van der Waals surface area contributed by atoms with Gasteiger partial charge < -0.3 is 5.32 Å². The third-order valence-electron chi connectivity index (χ3n) is 5.33. The fourth-order valence-corrected chi connectivity index (χ4v) is 5.55. The summed E-state index contributed by atoms with van der Waals surface area (Å²) >= 11 is 0. The number of rotatable bonds is 4. The minimum absolute atomic E-state index is 0.0433. The van der Waals surface area contributed by atoms with E-state index < -0.39 is 10.0 Å². The molecule has 0 radical (unpaired) electrons. The Kier molecular flexibility index (Phi) is 5.94. The molecule has 0 bridgehead atoms. The number of nitrogens with one attached hydrogen (secondary N) is 1. The fourth-order valence-electron chi connectivity index (χ4n) is 3.89. The van der Waals surface area contributed by atoms with Gasteiger partial charge in [0, 0.05) is 25.0 Å². The van der Waals surface area contributed by atoms with E-state index in [1.54, 1.807) is 12.1 Å². The molecule has 1 atom stereocenters. The average molecular weight is 375 g/mol. The van der Waals surface area contributed by atoms with Crippen LogP contribution in [-0.4, -0.2) is 37.8 Å². The van der Waals surface area contributed by atoms with Crippen LogP contribution in [0.5, 0.6) is 0 Å². The second kappa shape index (κ2) is 8.19. The standard InChI is InChI=1S/C19H25N3O3S/c20-13-16-9-4-5-11-18(16)26(24,25)22-12-6-10-17(14-22)21-19(23)15-7-2-1-3-8-15/h4-5,9,11,15,17H,1-3,6-8,10,12,14H2,(H,21,23). The van der Waals surface area contributed by atoms with E-state index in [2.05, 4.69) is 5.32 Å². The lowest BCUT2D eigenvalue weighted by Crippen LogP contribution is -2.50. The molecule has 3 rings (SSSR count). The highest BCUT2D eigenvalue weighted by Crippen LogP contribution is 2.26. The molecule has 1 unspecified atom stereocenters. The van der Waals surface area contributed by atoms with E-state index in [0.717, 1.165) is 32.1 Å². The highest BCUT2D eigenvalue weighted by molar-refractivity contribution is 7.89. The Balaban J connectivity index is 1.69. The molecule has 6 nitrogen and oxygen atoms in total. The fraction of sp³-hybridized carbons (Fsp3) is 0.579. The van der Waals surface area contributed by atoms with Crippen molar-refractivity contribution in [3.8, 4) is 6.07 Å². The molecular weight excluding hydrogens is 350 g/mol.